The Labute approximate surface area is 119 Å². The molecule has 0 radical (unpaired) electrons. The quantitative estimate of drug-likeness (QED) is 0.909. The van der Waals surface area contributed by atoms with E-state index in [1.165, 1.54) is 5.82 Å². The third-order valence-corrected chi connectivity index (χ3v) is 4.36. The number of aromatic nitrogens is 2. The van der Waals surface area contributed by atoms with Crippen molar-refractivity contribution in [1.29, 1.82) is 0 Å². The van der Waals surface area contributed by atoms with Crippen molar-refractivity contribution in [3.8, 4) is 0 Å². The first kappa shape index (κ1) is 12.9. The number of nitrogens with zero attached hydrogens (tertiary/aromatic N) is 2. The van der Waals surface area contributed by atoms with Crippen LogP contribution in [0.5, 0.6) is 0 Å². The third kappa shape index (κ3) is 2.05. The molecule has 2 unspecified atom stereocenters. The van der Waals surface area contributed by atoms with Crippen molar-refractivity contribution in [2.24, 2.45) is 5.92 Å². The zero-order chi connectivity index (χ0) is 13.6. The van der Waals surface area contributed by atoms with Gasteiger partial charge >= 0.3 is 0 Å². The Morgan fingerprint density at radius 1 is 1.37 bits per heavy atom. The van der Waals surface area contributed by atoms with Gasteiger partial charge in [-0.05, 0) is 38.4 Å². The van der Waals surface area contributed by atoms with E-state index in [4.69, 9.17) is 16.6 Å². The molecule has 2 heterocycles. The van der Waals surface area contributed by atoms with Crippen molar-refractivity contribution in [3.05, 3.63) is 29.0 Å². The van der Waals surface area contributed by atoms with Gasteiger partial charge in [0.2, 0.25) is 0 Å². The van der Waals surface area contributed by atoms with Crippen LogP contribution in [0.25, 0.3) is 11.0 Å². The Morgan fingerprint density at radius 2 is 2.16 bits per heavy atom. The van der Waals surface area contributed by atoms with Crippen molar-refractivity contribution in [2.45, 2.75) is 32.7 Å². The van der Waals surface area contributed by atoms with Gasteiger partial charge in [0.15, 0.2) is 0 Å². The van der Waals surface area contributed by atoms with E-state index in [1.54, 1.807) is 0 Å². The molecule has 0 amide bonds. The SMILES string of the molecule is CC1CNCC1c1nc2cccc(Cl)c2n1C(C)C. The van der Waals surface area contributed by atoms with Gasteiger partial charge in [-0.25, -0.2) is 4.98 Å². The Morgan fingerprint density at radius 3 is 2.79 bits per heavy atom. The Kier molecular flexibility index (Phi) is 3.27. The molecule has 1 fully saturated rings. The number of rotatable bonds is 2. The van der Waals surface area contributed by atoms with E-state index in [0.29, 0.717) is 17.9 Å². The summed E-state index contributed by atoms with van der Waals surface area (Å²) in [7, 11) is 0. The molecule has 4 heteroatoms. The highest BCUT2D eigenvalue weighted by Gasteiger charge is 2.30. The monoisotopic (exact) mass is 277 g/mol. The molecule has 1 aliphatic heterocycles. The maximum Gasteiger partial charge on any atom is 0.114 e. The van der Waals surface area contributed by atoms with Gasteiger partial charge < -0.3 is 9.88 Å². The molecule has 1 aromatic heterocycles. The van der Waals surface area contributed by atoms with Crippen LogP contribution in [0.4, 0.5) is 0 Å². The van der Waals surface area contributed by atoms with Crippen LogP contribution < -0.4 is 5.32 Å². The number of nitrogens with one attached hydrogen (secondary N) is 1. The van der Waals surface area contributed by atoms with Crippen molar-refractivity contribution in [3.63, 3.8) is 0 Å². The normalized spacial score (nSPS) is 23.6. The van der Waals surface area contributed by atoms with Gasteiger partial charge in [-0.1, -0.05) is 24.6 Å². The molecule has 0 saturated carbocycles. The summed E-state index contributed by atoms with van der Waals surface area (Å²) in [4.78, 5) is 4.87. The van der Waals surface area contributed by atoms with Gasteiger partial charge in [0.25, 0.3) is 0 Å². The van der Waals surface area contributed by atoms with Crippen LogP contribution in [0, 0.1) is 5.92 Å². The van der Waals surface area contributed by atoms with E-state index in [2.05, 4.69) is 36.7 Å². The fourth-order valence-electron chi connectivity index (χ4n) is 3.06. The molecule has 3 nitrogen and oxygen atoms in total. The number of halogens is 1. The fourth-order valence-corrected chi connectivity index (χ4v) is 3.33. The molecule has 0 spiro atoms. The lowest BCUT2D eigenvalue weighted by Crippen LogP contribution is -2.16. The van der Waals surface area contributed by atoms with Crippen molar-refractivity contribution >= 4 is 22.6 Å². The van der Waals surface area contributed by atoms with Crippen molar-refractivity contribution in [1.82, 2.24) is 14.9 Å². The summed E-state index contributed by atoms with van der Waals surface area (Å²) in [6.45, 7) is 8.76. The molecule has 19 heavy (non-hydrogen) atoms. The largest absolute Gasteiger partial charge is 0.324 e. The van der Waals surface area contributed by atoms with Gasteiger partial charge in [-0.3, -0.25) is 0 Å². The zero-order valence-electron chi connectivity index (χ0n) is 11.7. The van der Waals surface area contributed by atoms with Crippen LogP contribution in [0.1, 0.15) is 38.6 Å². The second kappa shape index (κ2) is 4.80. The van der Waals surface area contributed by atoms with E-state index in [-0.39, 0.29) is 0 Å². The van der Waals surface area contributed by atoms with Crippen molar-refractivity contribution < 1.29 is 0 Å². The number of para-hydroxylation sites is 1. The fraction of sp³-hybridized carbons (Fsp3) is 0.533. The van der Waals surface area contributed by atoms with Crippen LogP contribution in [-0.4, -0.2) is 22.6 Å². The maximum atomic E-state index is 6.39. The second-order valence-electron chi connectivity index (χ2n) is 5.78. The summed E-state index contributed by atoms with van der Waals surface area (Å²) >= 11 is 6.39. The van der Waals surface area contributed by atoms with Crippen LogP contribution in [0.2, 0.25) is 5.02 Å². The van der Waals surface area contributed by atoms with Crippen LogP contribution in [-0.2, 0) is 0 Å². The summed E-state index contributed by atoms with van der Waals surface area (Å²) in [5.74, 6) is 2.27. The Hall–Kier alpha value is -1.06. The van der Waals surface area contributed by atoms with Crippen molar-refractivity contribution in [2.75, 3.05) is 13.1 Å². The van der Waals surface area contributed by atoms with Gasteiger partial charge in [0, 0.05) is 18.5 Å². The van der Waals surface area contributed by atoms with Gasteiger partial charge in [-0.2, -0.15) is 0 Å². The molecule has 1 saturated heterocycles. The summed E-state index contributed by atoms with van der Waals surface area (Å²) in [6.07, 6.45) is 0. The standard InChI is InChI=1S/C15H20ClN3/c1-9(2)19-14-12(16)5-4-6-13(14)18-15(19)11-8-17-7-10(11)3/h4-6,9-11,17H,7-8H2,1-3H3. The molecule has 3 rings (SSSR count). The van der Waals surface area contributed by atoms with E-state index in [0.717, 1.165) is 29.1 Å². The minimum absolute atomic E-state index is 0.368. The Balaban J connectivity index is 2.24. The highest BCUT2D eigenvalue weighted by Crippen LogP contribution is 2.34. The number of hydrogen-bond acceptors (Lipinski definition) is 2. The highest BCUT2D eigenvalue weighted by molar-refractivity contribution is 6.35. The average Bonchev–Trinajstić information content (AvgIpc) is 2.92. The minimum atomic E-state index is 0.368. The van der Waals surface area contributed by atoms with Gasteiger partial charge in [-0.15, -0.1) is 0 Å². The lowest BCUT2D eigenvalue weighted by molar-refractivity contribution is 0.492. The molecule has 1 N–H and O–H groups in total. The first-order valence-corrected chi connectivity index (χ1v) is 7.34. The Bertz CT molecular complexity index is 603. The molecule has 102 valence electrons. The molecule has 0 bridgehead atoms. The van der Waals surface area contributed by atoms with Crippen LogP contribution in [0.15, 0.2) is 18.2 Å². The van der Waals surface area contributed by atoms with E-state index < -0.39 is 0 Å². The molecular formula is C15H20ClN3. The van der Waals surface area contributed by atoms with Gasteiger partial charge in [0.1, 0.15) is 5.82 Å². The van der Waals surface area contributed by atoms with E-state index in [1.807, 2.05) is 12.1 Å². The first-order chi connectivity index (χ1) is 9.09. The second-order valence-corrected chi connectivity index (χ2v) is 6.19. The molecule has 1 aliphatic rings. The average molecular weight is 278 g/mol. The predicted octanol–water partition coefficient (Wildman–Crippen LogP) is 3.59. The molecule has 0 aliphatic carbocycles. The summed E-state index contributed by atoms with van der Waals surface area (Å²) in [5.41, 5.74) is 2.09. The van der Waals surface area contributed by atoms with E-state index >= 15 is 0 Å². The minimum Gasteiger partial charge on any atom is -0.324 e. The number of imidazole rings is 1. The predicted molar refractivity (Wildman–Crippen MR) is 79.9 cm³/mol. The molecule has 2 atom stereocenters. The van der Waals surface area contributed by atoms with Crippen LogP contribution in [0.3, 0.4) is 0 Å². The van der Waals surface area contributed by atoms with Gasteiger partial charge in [0.05, 0.1) is 16.1 Å². The molecule has 2 aromatic rings. The van der Waals surface area contributed by atoms with E-state index in [9.17, 15) is 0 Å². The maximum absolute atomic E-state index is 6.39. The lowest BCUT2D eigenvalue weighted by atomic mass is 9.97. The van der Waals surface area contributed by atoms with Crippen LogP contribution >= 0.6 is 11.6 Å². The molecule has 1 aromatic carbocycles. The number of benzene rings is 1. The summed E-state index contributed by atoms with van der Waals surface area (Å²) in [6, 6.07) is 6.34. The highest BCUT2D eigenvalue weighted by atomic mass is 35.5. The third-order valence-electron chi connectivity index (χ3n) is 4.05. The lowest BCUT2D eigenvalue weighted by Gasteiger charge is -2.19. The first-order valence-electron chi connectivity index (χ1n) is 6.96. The topological polar surface area (TPSA) is 29.9 Å². The zero-order valence-corrected chi connectivity index (χ0v) is 12.4. The summed E-state index contributed by atoms with van der Waals surface area (Å²) < 4.78 is 2.31. The summed E-state index contributed by atoms with van der Waals surface area (Å²) in [5, 5.41) is 4.25. The smallest absolute Gasteiger partial charge is 0.114 e. The number of fused-ring (bicyclic) bond motifs is 1. The number of hydrogen-bond donors (Lipinski definition) is 1. The molecular weight excluding hydrogens is 258 g/mol.